The first-order valence-electron chi connectivity index (χ1n) is 9.80. The lowest BCUT2D eigenvalue weighted by Crippen LogP contribution is -1.83. The number of pyridine rings is 1. The van der Waals surface area contributed by atoms with Gasteiger partial charge in [0.2, 0.25) is 0 Å². The minimum Gasteiger partial charge on any atom is -0.265 e. The lowest BCUT2D eigenvalue weighted by atomic mass is 10.1. The van der Waals surface area contributed by atoms with E-state index in [1.807, 2.05) is 12.4 Å². The van der Waals surface area contributed by atoms with Crippen LogP contribution in [-0.2, 0) is 6.42 Å². The zero-order chi connectivity index (χ0) is 17.0. The molecule has 1 aromatic rings. The van der Waals surface area contributed by atoms with E-state index < -0.39 is 0 Å². The molecule has 134 valence electrons. The van der Waals surface area contributed by atoms with Crippen LogP contribution in [0.2, 0.25) is 0 Å². The third-order valence-electron chi connectivity index (χ3n) is 4.06. The average Bonchev–Trinajstić information content (AvgIpc) is 2.60. The number of alkyl halides is 1. The van der Waals surface area contributed by atoms with E-state index in [4.69, 9.17) is 11.6 Å². The molecule has 1 rings (SSSR count). The minimum absolute atomic E-state index is 0.844. The Labute approximate surface area is 150 Å². The lowest BCUT2D eigenvalue weighted by molar-refractivity contribution is 0.563. The van der Waals surface area contributed by atoms with Crippen molar-refractivity contribution < 1.29 is 0 Å². The van der Waals surface area contributed by atoms with Gasteiger partial charge in [-0.1, -0.05) is 78.1 Å². The van der Waals surface area contributed by atoms with Crippen LogP contribution in [0.5, 0.6) is 0 Å². The van der Waals surface area contributed by atoms with Crippen molar-refractivity contribution in [3.8, 4) is 0 Å². The van der Waals surface area contributed by atoms with Crippen LogP contribution in [0, 0.1) is 0 Å². The van der Waals surface area contributed by atoms with Gasteiger partial charge in [0.1, 0.15) is 0 Å². The van der Waals surface area contributed by atoms with E-state index in [0.717, 1.165) is 5.88 Å². The highest BCUT2D eigenvalue weighted by Gasteiger charge is 1.91. The van der Waals surface area contributed by atoms with E-state index in [1.54, 1.807) is 0 Å². The topological polar surface area (TPSA) is 12.9 Å². The molecule has 0 aromatic carbocycles. The predicted molar refractivity (Wildman–Crippen MR) is 105 cm³/mol. The van der Waals surface area contributed by atoms with Gasteiger partial charge in [0.15, 0.2) is 0 Å². The minimum atomic E-state index is 0.844. The van der Waals surface area contributed by atoms with Crippen molar-refractivity contribution in [1.82, 2.24) is 4.98 Å². The molecule has 0 radical (unpaired) electrons. The first-order valence-corrected chi connectivity index (χ1v) is 10.3. The molecule has 0 unspecified atom stereocenters. The Balaban J connectivity index is 0.000000433. The Morgan fingerprint density at radius 3 is 1.65 bits per heavy atom. The number of hydrogen-bond donors (Lipinski definition) is 0. The van der Waals surface area contributed by atoms with Crippen molar-refractivity contribution in [3.05, 3.63) is 30.1 Å². The summed E-state index contributed by atoms with van der Waals surface area (Å²) in [7, 11) is 0. The maximum atomic E-state index is 5.60. The van der Waals surface area contributed by atoms with Gasteiger partial charge in [-0.2, -0.15) is 0 Å². The molecule has 1 heterocycles. The summed E-state index contributed by atoms with van der Waals surface area (Å²) in [6.07, 6.45) is 21.3. The molecular weight excluding hydrogens is 302 g/mol. The predicted octanol–water partition coefficient (Wildman–Crippen LogP) is 7.57. The quantitative estimate of drug-likeness (QED) is 0.266. The Morgan fingerprint density at radius 1 is 0.696 bits per heavy atom. The van der Waals surface area contributed by atoms with Crippen LogP contribution >= 0.6 is 11.6 Å². The van der Waals surface area contributed by atoms with E-state index >= 15 is 0 Å². The molecule has 0 aliphatic heterocycles. The number of unbranched alkanes of at least 4 members (excludes halogenated alkanes) is 10. The van der Waals surface area contributed by atoms with E-state index in [0.29, 0.717) is 0 Å². The van der Waals surface area contributed by atoms with Crippen LogP contribution in [0.1, 0.15) is 96.5 Å². The Kier molecular flexibility index (Phi) is 19.0. The molecule has 0 bridgehead atoms. The highest BCUT2D eigenvalue weighted by Crippen LogP contribution is 2.10. The first-order chi connectivity index (χ1) is 11.3. The van der Waals surface area contributed by atoms with Gasteiger partial charge < -0.3 is 0 Å². The first kappa shape index (κ1) is 22.4. The largest absolute Gasteiger partial charge is 0.265 e. The number of aromatic nitrogens is 1. The van der Waals surface area contributed by atoms with Crippen molar-refractivity contribution in [2.45, 2.75) is 97.3 Å². The summed E-state index contributed by atoms with van der Waals surface area (Å²) in [6, 6.07) is 4.16. The number of rotatable bonds is 13. The van der Waals surface area contributed by atoms with Crippen molar-refractivity contribution in [3.63, 3.8) is 0 Å². The normalized spacial score (nSPS) is 10.2. The Morgan fingerprint density at radius 2 is 1.17 bits per heavy atom. The molecule has 0 aliphatic rings. The fraction of sp³-hybridized carbons (Fsp3) is 0.762. The molecule has 0 N–H and O–H groups in total. The Hall–Kier alpha value is -0.560. The van der Waals surface area contributed by atoms with Crippen molar-refractivity contribution in [2.75, 3.05) is 5.88 Å². The number of aryl methyl sites for hydroxylation is 1. The van der Waals surface area contributed by atoms with Gasteiger partial charge in [-0.05, 0) is 37.0 Å². The van der Waals surface area contributed by atoms with Gasteiger partial charge in [0, 0.05) is 18.3 Å². The second-order valence-electron chi connectivity index (χ2n) is 6.33. The standard InChI is InChI=1S/C12H25Cl.C9H13N/c1-2-3-4-5-6-7-8-9-10-11-12-13;1-2-3-4-9-5-7-10-8-6-9/h2-12H2,1H3;5-8H,2-4H2,1H3. The zero-order valence-electron chi connectivity index (χ0n) is 15.5. The van der Waals surface area contributed by atoms with Gasteiger partial charge >= 0.3 is 0 Å². The molecule has 1 aromatic heterocycles. The van der Waals surface area contributed by atoms with Crippen LogP contribution in [0.4, 0.5) is 0 Å². The second-order valence-corrected chi connectivity index (χ2v) is 6.71. The summed E-state index contributed by atoms with van der Waals surface area (Å²) in [6.45, 7) is 4.48. The fourth-order valence-electron chi connectivity index (χ4n) is 2.51. The third-order valence-corrected chi connectivity index (χ3v) is 4.32. The lowest BCUT2D eigenvalue weighted by Gasteiger charge is -2.00. The van der Waals surface area contributed by atoms with Gasteiger partial charge in [-0.25, -0.2) is 0 Å². The third kappa shape index (κ3) is 17.6. The molecule has 0 saturated heterocycles. The van der Waals surface area contributed by atoms with Crippen molar-refractivity contribution >= 4 is 11.6 Å². The maximum Gasteiger partial charge on any atom is 0.0270 e. The molecule has 0 spiro atoms. The Bertz CT molecular complexity index is 303. The number of halogens is 1. The van der Waals surface area contributed by atoms with Crippen molar-refractivity contribution in [1.29, 1.82) is 0 Å². The van der Waals surface area contributed by atoms with Crippen LogP contribution in [-0.4, -0.2) is 10.9 Å². The molecule has 0 aliphatic carbocycles. The van der Waals surface area contributed by atoms with E-state index in [9.17, 15) is 0 Å². The van der Waals surface area contributed by atoms with E-state index in [1.165, 1.54) is 89.0 Å². The molecule has 0 fully saturated rings. The van der Waals surface area contributed by atoms with Crippen LogP contribution in [0.15, 0.2) is 24.5 Å². The molecule has 0 atom stereocenters. The zero-order valence-corrected chi connectivity index (χ0v) is 16.3. The van der Waals surface area contributed by atoms with E-state index in [-0.39, 0.29) is 0 Å². The highest BCUT2D eigenvalue weighted by atomic mass is 35.5. The van der Waals surface area contributed by atoms with Crippen LogP contribution in [0.3, 0.4) is 0 Å². The smallest absolute Gasteiger partial charge is 0.0270 e. The molecular formula is C21H38ClN. The van der Waals surface area contributed by atoms with E-state index in [2.05, 4.69) is 31.0 Å². The summed E-state index contributed by atoms with van der Waals surface area (Å²) in [5.41, 5.74) is 1.40. The average molecular weight is 340 g/mol. The number of hydrogen-bond acceptors (Lipinski definition) is 1. The summed E-state index contributed by atoms with van der Waals surface area (Å²) < 4.78 is 0. The van der Waals surface area contributed by atoms with Gasteiger partial charge in [-0.3, -0.25) is 4.98 Å². The summed E-state index contributed by atoms with van der Waals surface area (Å²) >= 11 is 5.60. The summed E-state index contributed by atoms with van der Waals surface area (Å²) in [4.78, 5) is 3.95. The van der Waals surface area contributed by atoms with Gasteiger partial charge in [0.25, 0.3) is 0 Å². The fourth-order valence-corrected chi connectivity index (χ4v) is 2.70. The molecule has 0 saturated carbocycles. The van der Waals surface area contributed by atoms with Crippen LogP contribution in [0.25, 0.3) is 0 Å². The van der Waals surface area contributed by atoms with Gasteiger partial charge in [-0.15, -0.1) is 11.6 Å². The second kappa shape index (κ2) is 19.5. The molecule has 1 nitrogen and oxygen atoms in total. The maximum absolute atomic E-state index is 5.60. The van der Waals surface area contributed by atoms with Crippen LogP contribution < -0.4 is 0 Å². The monoisotopic (exact) mass is 339 g/mol. The molecule has 2 heteroatoms. The highest BCUT2D eigenvalue weighted by molar-refractivity contribution is 6.17. The summed E-state index contributed by atoms with van der Waals surface area (Å²) in [5, 5.41) is 0. The molecule has 23 heavy (non-hydrogen) atoms. The summed E-state index contributed by atoms with van der Waals surface area (Å²) in [5.74, 6) is 0.844. The molecule has 0 amide bonds. The SMILES string of the molecule is CCCCCCCCCCCCCl.CCCCc1ccncc1. The van der Waals surface area contributed by atoms with Crippen molar-refractivity contribution in [2.24, 2.45) is 0 Å². The van der Waals surface area contributed by atoms with Gasteiger partial charge in [0.05, 0.1) is 0 Å². The number of nitrogens with zero attached hydrogens (tertiary/aromatic N) is 1.